The second-order valence-corrected chi connectivity index (χ2v) is 4.85. The largest absolute Gasteiger partial charge is 0.312 e. The lowest BCUT2D eigenvalue weighted by molar-refractivity contribution is 0.656. The average molecular weight is 221 g/mol. The van der Waals surface area contributed by atoms with E-state index in [1.165, 1.54) is 10.4 Å². The summed E-state index contributed by atoms with van der Waals surface area (Å²) in [5, 5.41) is 4.14. The van der Waals surface area contributed by atoms with Crippen LogP contribution in [0.4, 0.5) is 0 Å². The number of fused-ring (bicyclic) bond motifs is 3. The predicted molar refractivity (Wildman–Crippen MR) is 60.3 cm³/mol. The zero-order chi connectivity index (χ0) is 10.4. The summed E-state index contributed by atoms with van der Waals surface area (Å²) in [6.07, 6.45) is 2.54. The van der Waals surface area contributed by atoms with Gasteiger partial charge >= 0.3 is 0 Å². The summed E-state index contributed by atoms with van der Waals surface area (Å²) >= 11 is 1.64. The van der Waals surface area contributed by atoms with Gasteiger partial charge in [-0.2, -0.15) is 0 Å². The molecule has 15 heavy (non-hydrogen) atoms. The van der Waals surface area contributed by atoms with Gasteiger partial charge in [0, 0.05) is 18.5 Å². The molecule has 0 fully saturated rings. The van der Waals surface area contributed by atoms with Crippen molar-refractivity contribution in [1.82, 2.24) is 14.9 Å². The van der Waals surface area contributed by atoms with Crippen molar-refractivity contribution in [1.29, 1.82) is 0 Å². The van der Waals surface area contributed by atoms with Crippen LogP contribution in [0.1, 0.15) is 10.4 Å². The number of nitrogens with zero attached hydrogens (tertiary/aromatic N) is 2. The molecule has 0 saturated carbocycles. The molecular weight excluding hydrogens is 210 g/mol. The van der Waals surface area contributed by atoms with Gasteiger partial charge in [-0.1, -0.05) is 0 Å². The van der Waals surface area contributed by atoms with Crippen molar-refractivity contribution in [3.05, 3.63) is 27.1 Å². The second kappa shape index (κ2) is 3.15. The van der Waals surface area contributed by atoms with E-state index in [0.717, 1.165) is 29.7 Å². The molecule has 1 N–H and O–H groups in total. The quantitative estimate of drug-likeness (QED) is 0.710. The molecule has 0 radical (unpaired) electrons. The van der Waals surface area contributed by atoms with Gasteiger partial charge in [0.1, 0.15) is 4.83 Å². The van der Waals surface area contributed by atoms with Crippen LogP contribution >= 0.6 is 11.3 Å². The molecule has 0 aromatic carbocycles. The van der Waals surface area contributed by atoms with Crippen molar-refractivity contribution in [2.24, 2.45) is 7.05 Å². The summed E-state index contributed by atoms with van der Waals surface area (Å²) in [5.74, 6) is 0. The molecule has 0 unspecified atom stereocenters. The molecule has 5 heteroatoms. The van der Waals surface area contributed by atoms with E-state index in [9.17, 15) is 4.79 Å². The Morgan fingerprint density at radius 3 is 3.33 bits per heavy atom. The van der Waals surface area contributed by atoms with E-state index in [1.807, 2.05) is 0 Å². The highest BCUT2D eigenvalue weighted by atomic mass is 32.1. The van der Waals surface area contributed by atoms with Crippen LogP contribution in [-0.4, -0.2) is 16.1 Å². The van der Waals surface area contributed by atoms with Crippen molar-refractivity contribution in [3.63, 3.8) is 0 Å². The molecule has 0 bridgehead atoms. The molecule has 4 nitrogen and oxygen atoms in total. The standard InChI is InChI=1S/C10H11N3OS/c1-13-5-12-9-8(10(13)14)6-2-3-11-4-7(6)15-9/h5,11H,2-4H2,1H3. The highest BCUT2D eigenvalue weighted by Crippen LogP contribution is 2.29. The molecular formula is C10H11N3OS. The molecule has 2 aromatic rings. The van der Waals surface area contributed by atoms with E-state index in [2.05, 4.69) is 10.3 Å². The van der Waals surface area contributed by atoms with Crippen molar-refractivity contribution < 1.29 is 0 Å². The molecule has 0 amide bonds. The maximum atomic E-state index is 12.0. The van der Waals surface area contributed by atoms with Gasteiger partial charge in [-0.3, -0.25) is 4.79 Å². The molecule has 0 aliphatic carbocycles. The van der Waals surface area contributed by atoms with Crippen LogP contribution < -0.4 is 10.9 Å². The Bertz CT molecular complexity index is 584. The van der Waals surface area contributed by atoms with Gasteiger partial charge < -0.3 is 9.88 Å². The summed E-state index contributed by atoms with van der Waals surface area (Å²) in [6, 6.07) is 0. The third kappa shape index (κ3) is 1.23. The van der Waals surface area contributed by atoms with E-state index in [-0.39, 0.29) is 5.56 Å². The number of nitrogens with one attached hydrogen (secondary N) is 1. The minimum Gasteiger partial charge on any atom is -0.312 e. The lowest BCUT2D eigenvalue weighted by Gasteiger charge is -2.11. The number of thiophene rings is 1. The van der Waals surface area contributed by atoms with E-state index in [4.69, 9.17) is 0 Å². The summed E-state index contributed by atoms with van der Waals surface area (Å²) in [7, 11) is 1.75. The third-order valence-electron chi connectivity index (χ3n) is 2.79. The lowest BCUT2D eigenvalue weighted by Crippen LogP contribution is -2.24. The Morgan fingerprint density at radius 1 is 1.60 bits per heavy atom. The summed E-state index contributed by atoms with van der Waals surface area (Å²) in [4.78, 5) is 18.4. The zero-order valence-corrected chi connectivity index (χ0v) is 9.23. The molecule has 0 saturated heterocycles. The van der Waals surface area contributed by atoms with Crippen molar-refractivity contribution in [2.45, 2.75) is 13.0 Å². The minimum atomic E-state index is 0.0828. The fourth-order valence-electron chi connectivity index (χ4n) is 2.00. The number of hydrogen-bond acceptors (Lipinski definition) is 4. The van der Waals surface area contributed by atoms with Crippen molar-refractivity contribution >= 4 is 21.6 Å². The molecule has 0 atom stereocenters. The van der Waals surface area contributed by atoms with Crippen molar-refractivity contribution in [2.75, 3.05) is 6.54 Å². The Hall–Kier alpha value is -1.20. The number of rotatable bonds is 0. The van der Waals surface area contributed by atoms with Crippen LogP contribution in [0.5, 0.6) is 0 Å². The Kier molecular flexibility index (Phi) is 1.90. The van der Waals surface area contributed by atoms with E-state index >= 15 is 0 Å². The van der Waals surface area contributed by atoms with Crippen LogP contribution in [0, 0.1) is 0 Å². The smallest absolute Gasteiger partial charge is 0.262 e. The van der Waals surface area contributed by atoms with E-state index in [0.29, 0.717) is 0 Å². The maximum absolute atomic E-state index is 12.0. The third-order valence-corrected chi connectivity index (χ3v) is 3.93. The Labute approximate surface area is 90.6 Å². The average Bonchev–Trinajstić information content (AvgIpc) is 2.62. The number of aromatic nitrogens is 2. The van der Waals surface area contributed by atoms with Gasteiger partial charge in [0.15, 0.2) is 0 Å². The maximum Gasteiger partial charge on any atom is 0.262 e. The summed E-state index contributed by atoms with van der Waals surface area (Å²) in [5.41, 5.74) is 1.29. The van der Waals surface area contributed by atoms with Crippen LogP contribution in [-0.2, 0) is 20.0 Å². The first kappa shape index (κ1) is 9.06. The fraction of sp³-hybridized carbons (Fsp3) is 0.400. The predicted octanol–water partition coefficient (Wildman–Crippen LogP) is 0.641. The SMILES string of the molecule is Cn1cnc2sc3c(c2c1=O)CCNC3. The number of aryl methyl sites for hydroxylation is 1. The second-order valence-electron chi connectivity index (χ2n) is 3.77. The first-order valence-corrected chi connectivity index (χ1v) is 5.75. The summed E-state index contributed by atoms with van der Waals surface area (Å²) in [6.45, 7) is 1.83. The topological polar surface area (TPSA) is 46.9 Å². The number of hydrogen-bond donors (Lipinski definition) is 1. The monoisotopic (exact) mass is 221 g/mol. The first-order chi connectivity index (χ1) is 7.27. The van der Waals surface area contributed by atoms with Crippen molar-refractivity contribution in [3.8, 4) is 0 Å². The highest BCUT2D eigenvalue weighted by Gasteiger charge is 2.18. The molecule has 78 valence electrons. The van der Waals surface area contributed by atoms with Crippen LogP contribution in [0.3, 0.4) is 0 Å². The molecule has 1 aliphatic heterocycles. The first-order valence-electron chi connectivity index (χ1n) is 4.94. The normalized spacial score (nSPS) is 15.5. The van der Waals surface area contributed by atoms with Gasteiger partial charge in [-0.25, -0.2) is 4.98 Å². The van der Waals surface area contributed by atoms with Crippen LogP contribution in [0.25, 0.3) is 10.2 Å². The summed E-state index contributed by atoms with van der Waals surface area (Å²) < 4.78 is 1.55. The lowest BCUT2D eigenvalue weighted by atomic mass is 10.1. The van der Waals surface area contributed by atoms with Gasteiger partial charge in [0.25, 0.3) is 5.56 Å². The fourth-order valence-corrected chi connectivity index (χ4v) is 3.15. The highest BCUT2D eigenvalue weighted by molar-refractivity contribution is 7.18. The Balaban J connectivity index is 2.44. The Morgan fingerprint density at radius 2 is 2.47 bits per heavy atom. The van der Waals surface area contributed by atoms with Gasteiger partial charge in [0.05, 0.1) is 11.7 Å². The van der Waals surface area contributed by atoms with E-state index < -0.39 is 0 Å². The molecule has 0 spiro atoms. The van der Waals surface area contributed by atoms with Gasteiger partial charge in [-0.05, 0) is 18.5 Å². The molecule has 2 aromatic heterocycles. The molecule has 3 rings (SSSR count). The molecule has 3 heterocycles. The zero-order valence-electron chi connectivity index (χ0n) is 8.41. The van der Waals surface area contributed by atoms with Gasteiger partial charge in [0.2, 0.25) is 0 Å². The van der Waals surface area contributed by atoms with Crippen LogP contribution in [0.15, 0.2) is 11.1 Å². The van der Waals surface area contributed by atoms with Crippen LogP contribution in [0.2, 0.25) is 0 Å². The molecule has 1 aliphatic rings. The minimum absolute atomic E-state index is 0.0828. The van der Waals surface area contributed by atoms with E-state index in [1.54, 1.807) is 29.3 Å². The van der Waals surface area contributed by atoms with Gasteiger partial charge in [-0.15, -0.1) is 11.3 Å².